The molecule has 0 unspecified atom stereocenters. The van der Waals surface area contributed by atoms with Gasteiger partial charge in [-0.1, -0.05) is 24.3 Å². The molecule has 0 aliphatic carbocycles. The van der Waals surface area contributed by atoms with Gasteiger partial charge in [-0.05, 0) is 30.9 Å². The van der Waals surface area contributed by atoms with E-state index in [1.807, 2.05) is 18.2 Å². The molecule has 0 bridgehead atoms. The molecule has 0 saturated carbocycles. The highest BCUT2D eigenvalue weighted by atomic mass is 16.4. The molecule has 102 valence electrons. The molecule has 19 heavy (non-hydrogen) atoms. The number of nitrogens with zero attached hydrogens (tertiary/aromatic N) is 1. The van der Waals surface area contributed by atoms with Gasteiger partial charge in [0.1, 0.15) is 6.04 Å². The average Bonchev–Trinajstić information content (AvgIpc) is 2.60. The number of aryl methyl sites for hydroxylation is 1. The average molecular weight is 262 g/mol. The van der Waals surface area contributed by atoms with E-state index >= 15 is 0 Å². The van der Waals surface area contributed by atoms with E-state index in [0.29, 0.717) is 13.1 Å². The fourth-order valence-corrected chi connectivity index (χ4v) is 2.21. The summed E-state index contributed by atoms with van der Waals surface area (Å²) in [6.07, 6.45) is 1.85. The second kappa shape index (κ2) is 5.73. The summed E-state index contributed by atoms with van der Waals surface area (Å²) in [6, 6.07) is 6.87. The third-order valence-corrected chi connectivity index (χ3v) is 3.35. The standard InChI is InChI=1S/C14H18N2O3/c1-10(13(17)18)15-14(19)16-8-4-7-11-5-2-3-6-12(11)9-16/h2-3,5-6,10H,4,7-9H2,1H3,(H,15,19)(H,17,18)/t10-/m1/s1. The Kier molecular flexibility index (Phi) is 4.04. The van der Waals surface area contributed by atoms with Gasteiger partial charge in [-0.15, -0.1) is 0 Å². The van der Waals surface area contributed by atoms with E-state index in [-0.39, 0.29) is 6.03 Å². The van der Waals surface area contributed by atoms with Crippen molar-refractivity contribution in [1.82, 2.24) is 10.2 Å². The molecule has 1 aromatic rings. The second-order valence-electron chi connectivity index (χ2n) is 4.80. The van der Waals surface area contributed by atoms with Crippen molar-refractivity contribution in [3.63, 3.8) is 0 Å². The normalized spacial score (nSPS) is 16.2. The molecule has 2 amide bonds. The van der Waals surface area contributed by atoms with Crippen LogP contribution in [0, 0.1) is 0 Å². The molecule has 0 spiro atoms. The Bertz CT molecular complexity index is 487. The Labute approximate surface area is 112 Å². The summed E-state index contributed by atoms with van der Waals surface area (Å²) in [7, 11) is 0. The summed E-state index contributed by atoms with van der Waals surface area (Å²) in [5.74, 6) is -1.02. The fraction of sp³-hybridized carbons (Fsp3) is 0.429. The van der Waals surface area contributed by atoms with Crippen LogP contribution in [0.5, 0.6) is 0 Å². The molecule has 5 heteroatoms. The van der Waals surface area contributed by atoms with Crippen LogP contribution in [-0.4, -0.2) is 34.6 Å². The summed E-state index contributed by atoms with van der Waals surface area (Å²) in [6.45, 7) is 2.65. The molecule has 5 nitrogen and oxygen atoms in total. The number of hydrogen-bond donors (Lipinski definition) is 2. The van der Waals surface area contributed by atoms with Crippen LogP contribution in [0.3, 0.4) is 0 Å². The Morgan fingerprint density at radius 3 is 2.68 bits per heavy atom. The van der Waals surface area contributed by atoms with Gasteiger partial charge in [0.25, 0.3) is 0 Å². The Morgan fingerprint density at radius 1 is 1.32 bits per heavy atom. The van der Waals surface area contributed by atoms with Gasteiger partial charge in [-0.25, -0.2) is 4.79 Å². The topological polar surface area (TPSA) is 69.6 Å². The SMILES string of the molecule is C[C@@H](NC(=O)N1CCCc2ccccc2C1)C(=O)O. The number of carboxylic acid groups (broad SMARTS) is 1. The minimum atomic E-state index is -1.02. The summed E-state index contributed by atoms with van der Waals surface area (Å²) in [4.78, 5) is 24.4. The van der Waals surface area contributed by atoms with E-state index in [1.165, 1.54) is 12.5 Å². The maximum Gasteiger partial charge on any atom is 0.325 e. The molecule has 0 aromatic heterocycles. The van der Waals surface area contributed by atoms with Crippen molar-refractivity contribution in [3.8, 4) is 0 Å². The Morgan fingerprint density at radius 2 is 2.00 bits per heavy atom. The van der Waals surface area contributed by atoms with Crippen LogP contribution in [0.4, 0.5) is 4.79 Å². The lowest BCUT2D eigenvalue weighted by Gasteiger charge is -2.22. The molecule has 1 aliphatic rings. The third-order valence-electron chi connectivity index (χ3n) is 3.35. The minimum Gasteiger partial charge on any atom is -0.480 e. The van der Waals surface area contributed by atoms with Gasteiger partial charge in [0, 0.05) is 13.1 Å². The van der Waals surface area contributed by atoms with E-state index < -0.39 is 12.0 Å². The van der Waals surface area contributed by atoms with Crippen LogP contribution < -0.4 is 5.32 Å². The minimum absolute atomic E-state index is 0.313. The van der Waals surface area contributed by atoms with Gasteiger partial charge in [-0.3, -0.25) is 4.79 Å². The summed E-state index contributed by atoms with van der Waals surface area (Å²) in [5, 5.41) is 11.3. The van der Waals surface area contributed by atoms with Gasteiger partial charge in [0.05, 0.1) is 0 Å². The largest absolute Gasteiger partial charge is 0.480 e. The lowest BCUT2D eigenvalue weighted by molar-refractivity contribution is -0.138. The quantitative estimate of drug-likeness (QED) is 0.851. The number of rotatable bonds is 2. The van der Waals surface area contributed by atoms with Gasteiger partial charge >= 0.3 is 12.0 Å². The number of urea groups is 1. The highest BCUT2D eigenvalue weighted by Gasteiger charge is 2.21. The smallest absolute Gasteiger partial charge is 0.325 e. The molecule has 0 saturated heterocycles. The Hall–Kier alpha value is -2.04. The molecule has 0 radical (unpaired) electrons. The maximum atomic E-state index is 12.0. The van der Waals surface area contributed by atoms with Crippen LogP contribution in [0.25, 0.3) is 0 Å². The fourth-order valence-electron chi connectivity index (χ4n) is 2.21. The number of carboxylic acids is 1. The maximum absolute atomic E-state index is 12.0. The molecule has 0 fully saturated rings. The van der Waals surface area contributed by atoms with Crippen molar-refractivity contribution in [2.45, 2.75) is 32.4 Å². The number of fused-ring (bicyclic) bond motifs is 1. The van der Waals surface area contributed by atoms with Crippen LogP contribution in [-0.2, 0) is 17.8 Å². The van der Waals surface area contributed by atoms with E-state index in [0.717, 1.165) is 18.4 Å². The summed E-state index contributed by atoms with van der Waals surface area (Å²) >= 11 is 0. The molecule has 1 atom stereocenters. The van der Waals surface area contributed by atoms with Gasteiger partial charge in [0.2, 0.25) is 0 Å². The highest BCUT2D eigenvalue weighted by Crippen LogP contribution is 2.18. The highest BCUT2D eigenvalue weighted by molar-refractivity contribution is 5.82. The van der Waals surface area contributed by atoms with Gasteiger partial charge < -0.3 is 15.3 Å². The molecule has 2 rings (SSSR count). The first-order valence-electron chi connectivity index (χ1n) is 6.43. The van der Waals surface area contributed by atoms with E-state index in [1.54, 1.807) is 4.90 Å². The van der Waals surface area contributed by atoms with E-state index in [4.69, 9.17) is 5.11 Å². The van der Waals surface area contributed by atoms with Crippen LogP contribution in [0.2, 0.25) is 0 Å². The van der Waals surface area contributed by atoms with Crippen LogP contribution in [0.15, 0.2) is 24.3 Å². The monoisotopic (exact) mass is 262 g/mol. The van der Waals surface area contributed by atoms with Crippen molar-refractivity contribution in [2.75, 3.05) is 6.54 Å². The van der Waals surface area contributed by atoms with E-state index in [2.05, 4.69) is 11.4 Å². The van der Waals surface area contributed by atoms with Crippen LogP contribution >= 0.6 is 0 Å². The number of benzene rings is 1. The number of carbonyl (C=O) groups excluding carboxylic acids is 1. The first-order valence-corrected chi connectivity index (χ1v) is 6.43. The first kappa shape index (κ1) is 13.4. The molecule has 2 N–H and O–H groups in total. The third kappa shape index (κ3) is 3.24. The van der Waals surface area contributed by atoms with Gasteiger partial charge in [0.15, 0.2) is 0 Å². The molecule has 1 aliphatic heterocycles. The van der Waals surface area contributed by atoms with E-state index in [9.17, 15) is 9.59 Å². The zero-order chi connectivity index (χ0) is 13.8. The zero-order valence-electron chi connectivity index (χ0n) is 10.9. The molecular formula is C14H18N2O3. The van der Waals surface area contributed by atoms with Crippen molar-refractivity contribution in [2.24, 2.45) is 0 Å². The number of nitrogens with one attached hydrogen (secondary N) is 1. The number of amides is 2. The van der Waals surface area contributed by atoms with Crippen molar-refractivity contribution >= 4 is 12.0 Å². The molecule has 1 aromatic carbocycles. The van der Waals surface area contributed by atoms with Crippen molar-refractivity contribution in [1.29, 1.82) is 0 Å². The number of aliphatic carboxylic acids is 1. The number of carbonyl (C=O) groups is 2. The summed E-state index contributed by atoms with van der Waals surface area (Å²) < 4.78 is 0. The van der Waals surface area contributed by atoms with Crippen LogP contribution in [0.1, 0.15) is 24.5 Å². The Balaban J connectivity index is 2.06. The second-order valence-corrected chi connectivity index (χ2v) is 4.80. The molecular weight excluding hydrogens is 244 g/mol. The molecule has 1 heterocycles. The van der Waals surface area contributed by atoms with Crippen molar-refractivity contribution < 1.29 is 14.7 Å². The number of hydrogen-bond acceptors (Lipinski definition) is 2. The predicted molar refractivity (Wildman–Crippen MR) is 70.8 cm³/mol. The first-order chi connectivity index (χ1) is 9.08. The lowest BCUT2D eigenvalue weighted by Crippen LogP contribution is -2.46. The lowest BCUT2D eigenvalue weighted by atomic mass is 10.0. The van der Waals surface area contributed by atoms with Gasteiger partial charge in [-0.2, -0.15) is 0 Å². The predicted octanol–water partition coefficient (Wildman–Crippen LogP) is 1.62. The van der Waals surface area contributed by atoms with Crippen molar-refractivity contribution in [3.05, 3.63) is 35.4 Å². The zero-order valence-corrected chi connectivity index (χ0v) is 10.9. The summed E-state index contributed by atoms with van der Waals surface area (Å²) in [5.41, 5.74) is 2.40.